The van der Waals surface area contributed by atoms with Crippen LogP contribution >= 0.6 is 34.5 Å². The summed E-state index contributed by atoms with van der Waals surface area (Å²) in [5.41, 5.74) is 4.51. The molecule has 0 bridgehead atoms. The topological polar surface area (TPSA) is 15.3 Å². The van der Waals surface area contributed by atoms with Gasteiger partial charge in [-0.15, -0.1) is 11.3 Å². The summed E-state index contributed by atoms with van der Waals surface area (Å²) in [5, 5.41) is 8.84. The molecule has 1 aliphatic rings. The molecular weight excluding hydrogens is 275 g/mol. The maximum Gasteiger partial charge on any atom is 0.0638 e. The number of benzene rings is 1. The molecule has 3 rings (SSSR count). The first-order valence-corrected chi connectivity index (χ1v) is 6.87. The van der Waals surface area contributed by atoms with Gasteiger partial charge in [0.2, 0.25) is 0 Å². The molecule has 0 spiro atoms. The van der Waals surface area contributed by atoms with Crippen LogP contribution in [0.2, 0.25) is 10.0 Å². The van der Waals surface area contributed by atoms with Gasteiger partial charge >= 0.3 is 0 Å². The van der Waals surface area contributed by atoms with Crippen molar-refractivity contribution in [3.8, 4) is 0 Å². The molecule has 0 saturated heterocycles. The molecule has 0 aliphatic carbocycles. The molecule has 0 atom stereocenters. The maximum absolute atomic E-state index is 6.07. The molecule has 2 heterocycles. The van der Waals surface area contributed by atoms with Crippen LogP contribution in [0.3, 0.4) is 0 Å². The summed E-state index contributed by atoms with van der Waals surface area (Å²) in [6.45, 7) is 0.872. The fraction of sp³-hybridized carbons (Fsp3) is 0.167. The summed E-state index contributed by atoms with van der Waals surface area (Å²) in [6, 6.07) is 3.78. The lowest BCUT2D eigenvalue weighted by Crippen LogP contribution is -2.15. The van der Waals surface area contributed by atoms with Crippen molar-refractivity contribution < 1.29 is 0 Å². The predicted molar refractivity (Wildman–Crippen MR) is 76.2 cm³/mol. The third-order valence-electron chi connectivity index (χ3n) is 2.87. The first kappa shape index (κ1) is 11.2. The van der Waals surface area contributed by atoms with Crippen molar-refractivity contribution in [2.75, 3.05) is 17.3 Å². The second-order valence-corrected chi connectivity index (χ2v) is 5.63. The normalized spacial score (nSPS) is 13.7. The monoisotopic (exact) mass is 284 g/mol. The van der Waals surface area contributed by atoms with E-state index in [1.54, 1.807) is 11.3 Å². The molecule has 2 nitrogen and oxygen atoms in total. The minimum absolute atomic E-state index is 0.574. The van der Waals surface area contributed by atoms with E-state index >= 15 is 0 Å². The van der Waals surface area contributed by atoms with Gasteiger partial charge in [-0.25, -0.2) is 0 Å². The molecule has 0 fully saturated rings. The molecule has 17 heavy (non-hydrogen) atoms. The average Bonchev–Trinajstić information content (AvgIpc) is 2.66. The Bertz CT molecular complexity index is 580. The highest BCUT2D eigenvalue weighted by Gasteiger charge is 2.18. The van der Waals surface area contributed by atoms with E-state index < -0.39 is 0 Å². The summed E-state index contributed by atoms with van der Waals surface area (Å²) in [4.78, 5) is 2.17. The van der Waals surface area contributed by atoms with Crippen LogP contribution < -0.4 is 10.2 Å². The Labute approximate surface area is 114 Å². The van der Waals surface area contributed by atoms with Crippen LogP contribution in [-0.4, -0.2) is 7.05 Å². The molecule has 0 amide bonds. The second-order valence-electron chi connectivity index (χ2n) is 4.08. The van der Waals surface area contributed by atoms with E-state index in [1.807, 2.05) is 12.1 Å². The SMILES string of the molecule is CN1Cc2cscc2Nc2cc(Cl)c(Cl)cc21. The minimum atomic E-state index is 0.574. The van der Waals surface area contributed by atoms with E-state index in [0.29, 0.717) is 10.0 Å². The standard InChI is InChI=1S/C12H10Cl2N2S/c1-16-4-7-5-17-6-11(7)15-10-2-8(13)9(14)3-12(10)16/h2-3,5-6,15H,4H2,1H3. The number of rotatable bonds is 0. The Balaban J connectivity index is 2.16. The van der Waals surface area contributed by atoms with Crippen LogP contribution in [0.15, 0.2) is 22.9 Å². The van der Waals surface area contributed by atoms with Gasteiger partial charge in [-0.1, -0.05) is 23.2 Å². The largest absolute Gasteiger partial charge is 0.368 e. The van der Waals surface area contributed by atoms with Gasteiger partial charge in [0.15, 0.2) is 0 Å². The van der Waals surface area contributed by atoms with Crippen molar-refractivity contribution in [1.29, 1.82) is 0 Å². The van der Waals surface area contributed by atoms with Gasteiger partial charge in [0, 0.05) is 24.5 Å². The van der Waals surface area contributed by atoms with Gasteiger partial charge in [0.1, 0.15) is 0 Å². The third kappa shape index (κ3) is 1.88. The molecule has 0 saturated carbocycles. The quantitative estimate of drug-likeness (QED) is 0.751. The van der Waals surface area contributed by atoms with Crippen LogP contribution in [0, 0.1) is 0 Å². The summed E-state index contributed by atoms with van der Waals surface area (Å²) in [6.07, 6.45) is 0. The summed E-state index contributed by atoms with van der Waals surface area (Å²) >= 11 is 13.8. The lowest BCUT2D eigenvalue weighted by molar-refractivity contribution is 0.939. The van der Waals surface area contributed by atoms with Crippen molar-refractivity contribution >= 4 is 51.6 Å². The number of halogens is 2. The van der Waals surface area contributed by atoms with Gasteiger partial charge < -0.3 is 10.2 Å². The van der Waals surface area contributed by atoms with E-state index in [1.165, 1.54) is 5.56 Å². The van der Waals surface area contributed by atoms with Crippen LogP contribution in [-0.2, 0) is 6.54 Å². The van der Waals surface area contributed by atoms with Gasteiger partial charge in [0.25, 0.3) is 0 Å². The zero-order valence-corrected chi connectivity index (χ0v) is 11.5. The lowest BCUT2D eigenvalue weighted by atomic mass is 10.2. The number of nitrogens with zero attached hydrogens (tertiary/aromatic N) is 1. The van der Waals surface area contributed by atoms with Crippen molar-refractivity contribution in [1.82, 2.24) is 0 Å². The average molecular weight is 285 g/mol. The van der Waals surface area contributed by atoms with Crippen LogP contribution in [0.5, 0.6) is 0 Å². The molecular formula is C12H10Cl2N2S. The van der Waals surface area contributed by atoms with Gasteiger partial charge in [-0.2, -0.15) is 0 Å². The second kappa shape index (κ2) is 4.09. The summed E-state index contributed by atoms with van der Waals surface area (Å²) < 4.78 is 0. The third-order valence-corrected chi connectivity index (χ3v) is 4.38. The molecule has 88 valence electrons. The zero-order chi connectivity index (χ0) is 12.0. The van der Waals surface area contributed by atoms with Crippen LogP contribution in [0.1, 0.15) is 5.56 Å². The molecule has 5 heteroatoms. The Morgan fingerprint density at radius 1 is 1.18 bits per heavy atom. The maximum atomic E-state index is 6.07. The number of thiophene rings is 1. The van der Waals surface area contributed by atoms with Crippen LogP contribution in [0.25, 0.3) is 0 Å². The van der Waals surface area contributed by atoms with Crippen molar-refractivity contribution in [2.24, 2.45) is 0 Å². The number of hydrogen-bond donors (Lipinski definition) is 1. The summed E-state index contributed by atoms with van der Waals surface area (Å²) in [5.74, 6) is 0. The van der Waals surface area contributed by atoms with Crippen LogP contribution in [0.4, 0.5) is 17.1 Å². The van der Waals surface area contributed by atoms with E-state index in [2.05, 4.69) is 28.0 Å². The Morgan fingerprint density at radius 3 is 2.76 bits per heavy atom. The Hall–Kier alpha value is -0.900. The molecule has 1 aromatic carbocycles. The van der Waals surface area contributed by atoms with Gasteiger partial charge in [-0.05, 0) is 17.5 Å². The van der Waals surface area contributed by atoms with E-state index in [4.69, 9.17) is 23.2 Å². The summed E-state index contributed by atoms with van der Waals surface area (Å²) in [7, 11) is 2.05. The number of hydrogen-bond acceptors (Lipinski definition) is 3. The number of fused-ring (bicyclic) bond motifs is 2. The fourth-order valence-electron chi connectivity index (χ4n) is 1.99. The first-order chi connectivity index (χ1) is 8.15. The van der Waals surface area contributed by atoms with Crippen molar-refractivity contribution in [3.05, 3.63) is 38.5 Å². The highest BCUT2D eigenvalue weighted by atomic mass is 35.5. The smallest absolute Gasteiger partial charge is 0.0638 e. The van der Waals surface area contributed by atoms with E-state index in [9.17, 15) is 0 Å². The Morgan fingerprint density at radius 2 is 1.94 bits per heavy atom. The lowest BCUT2D eigenvalue weighted by Gasteiger charge is -2.19. The Kier molecular flexibility index (Phi) is 2.69. The molecule has 1 aromatic heterocycles. The van der Waals surface area contributed by atoms with Crippen molar-refractivity contribution in [3.63, 3.8) is 0 Å². The molecule has 0 radical (unpaired) electrons. The van der Waals surface area contributed by atoms with Gasteiger partial charge in [-0.3, -0.25) is 0 Å². The molecule has 1 aliphatic heterocycles. The van der Waals surface area contributed by atoms with Gasteiger partial charge in [0.05, 0.1) is 27.1 Å². The predicted octanol–water partition coefficient (Wildman–Crippen LogP) is 4.75. The highest BCUT2D eigenvalue weighted by molar-refractivity contribution is 7.08. The number of nitrogens with one attached hydrogen (secondary N) is 1. The van der Waals surface area contributed by atoms with Crippen molar-refractivity contribution in [2.45, 2.75) is 6.54 Å². The molecule has 2 aromatic rings. The number of anilines is 3. The highest BCUT2D eigenvalue weighted by Crippen LogP contribution is 2.40. The fourth-order valence-corrected chi connectivity index (χ4v) is 3.10. The molecule has 0 unspecified atom stereocenters. The minimum Gasteiger partial charge on any atom is -0.368 e. The first-order valence-electron chi connectivity index (χ1n) is 5.17. The molecule has 1 N–H and O–H groups in total. The van der Waals surface area contributed by atoms with E-state index in [-0.39, 0.29) is 0 Å². The van der Waals surface area contributed by atoms with E-state index in [0.717, 1.165) is 23.6 Å². The zero-order valence-electron chi connectivity index (χ0n) is 9.13.